The van der Waals surface area contributed by atoms with E-state index in [9.17, 15) is 4.79 Å². The Labute approximate surface area is 152 Å². The number of nitrogens with zero attached hydrogens (tertiary/aromatic N) is 3. The summed E-state index contributed by atoms with van der Waals surface area (Å²) in [5, 5.41) is 0. The van der Waals surface area contributed by atoms with Gasteiger partial charge in [-0.1, -0.05) is 18.2 Å². The smallest absolute Gasteiger partial charge is 0.258 e. The Morgan fingerprint density at radius 2 is 2.04 bits per heavy atom. The molecule has 3 aromatic rings. The number of pyridine rings is 1. The van der Waals surface area contributed by atoms with E-state index in [1.54, 1.807) is 17.6 Å². The van der Waals surface area contributed by atoms with Crippen molar-refractivity contribution in [3.05, 3.63) is 75.8 Å². The van der Waals surface area contributed by atoms with Gasteiger partial charge in [0, 0.05) is 24.3 Å². The molecule has 5 nitrogen and oxygen atoms in total. The zero-order valence-corrected chi connectivity index (χ0v) is 15.2. The zero-order valence-electron chi connectivity index (χ0n) is 15.2. The molecule has 0 aliphatic carbocycles. The Morgan fingerprint density at radius 1 is 1.19 bits per heavy atom. The van der Waals surface area contributed by atoms with Gasteiger partial charge >= 0.3 is 0 Å². The maximum atomic E-state index is 12.5. The van der Waals surface area contributed by atoms with E-state index in [2.05, 4.69) is 17.0 Å². The summed E-state index contributed by atoms with van der Waals surface area (Å²) in [5.74, 6) is 0.881. The molecule has 1 atom stereocenters. The lowest BCUT2D eigenvalue weighted by Gasteiger charge is -2.25. The van der Waals surface area contributed by atoms with Crippen molar-refractivity contribution in [2.75, 3.05) is 13.7 Å². The van der Waals surface area contributed by atoms with Gasteiger partial charge in [-0.15, -0.1) is 0 Å². The summed E-state index contributed by atoms with van der Waals surface area (Å²) >= 11 is 0. The highest BCUT2D eigenvalue weighted by Gasteiger charge is 2.26. The first-order chi connectivity index (χ1) is 12.7. The normalized spacial score (nSPS) is 17.7. The van der Waals surface area contributed by atoms with E-state index in [4.69, 9.17) is 9.72 Å². The van der Waals surface area contributed by atoms with Crippen LogP contribution in [0.25, 0.3) is 5.65 Å². The highest BCUT2D eigenvalue weighted by Crippen LogP contribution is 2.34. The Morgan fingerprint density at radius 3 is 2.88 bits per heavy atom. The standard InChI is InChI=1S/C21H23N3O2/c1-15-6-3-10-20-22-17(13-21(25)24(15)20)14-23-11-5-9-19(23)16-7-4-8-18(12-16)26-2/h3-4,6-8,10,12-13,19H,5,9,11,14H2,1-2H3/t19-/m0/s1. The van der Waals surface area contributed by atoms with Crippen molar-refractivity contribution in [2.45, 2.75) is 32.4 Å². The van der Waals surface area contributed by atoms with Gasteiger partial charge in [0.05, 0.1) is 12.8 Å². The van der Waals surface area contributed by atoms with E-state index >= 15 is 0 Å². The molecule has 1 aromatic carbocycles. The minimum absolute atomic E-state index is 0.0137. The molecule has 1 aliphatic heterocycles. The fourth-order valence-corrected chi connectivity index (χ4v) is 3.89. The predicted octanol–water partition coefficient (Wildman–Crippen LogP) is 3.35. The van der Waals surface area contributed by atoms with Crippen molar-refractivity contribution >= 4 is 5.65 Å². The van der Waals surface area contributed by atoms with Gasteiger partial charge < -0.3 is 4.74 Å². The fourth-order valence-electron chi connectivity index (χ4n) is 3.89. The van der Waals surface area contributed by atoms with Gasteiger partial charge in [-0.05, 0) is 56.1 Å². The molecular formula is C21H23N3O2. The molecule has 0 saturated carbocycles. The molecule has 2 aromatic heterocycles. The van der Waals surface area contributed by atoms with Crippen LogP contribution in [-0.4, -0.2) is 27.9 Å². The van der Waals surface area contributed by atoms with Gasteiger partial charge in [0.15, 0.2) is 0 Å². The third-order valence-electron chi connectivity index (χ3n) is 5.14. The Bertz CT molecular complexity index is 996. The van der Waals surface area contributed by atoms with E-state index in [1.165, 1.54) is 5.56 Å². The number of hydrogen-bond acceptors (Lipinski definition) is 4. The molecule has 0 radical (unpaired) electrons. The molecule has 0 spiro atoms. The van der Waals surface area contributed by atoms with Gasteiger partial charge in [-0.25, -0.2) is 4.98 Å². The lowest BCUT2D eigenvalue weighted by atomic mass is 10.0. The van der Waals surface area contributed by atoms with Gasteiger partial charge in [0.1, 0.15) is 11.4 Å². The van der Waals surface area contributed by atoms with E-state index < -0.39 is 0 Å². The van der Waals surface area contributed by atoms with E-state index in [0.717, 1.165) is 36.5 Å². The second kappa shape index (κ2) is 6.92. The van der Waals surface area contributed by atoms with Gasteiger partial charge in [0.25, 0.3) is 5.56 Å². The maximum absolute atomic E-state index is 12.5. The van der Waals surface area contributed by atoms with Crippen LogP contribution in [0.4, 0.5) is 0 Å². The summed E-state index contributed by atoms with van der Waals surface area (Å²) in [6.45, 7) is 3.62. The van der Waals surface area contributed by atoms with Crippen LogP contribution in [0.15, 0.2) is 53.3 Å². The lowest BCUT2D eigenvalue weighted by molar-refractivity contribution is 0.245. The summed E-state index contributed by atoms with van der Waals surface area (Å²) in [7, 11) is 1.69. The maximum Gasteiger partial charge on any atom is 0.258 e. The topological polar surface area (TPSA) is 46.8 Å². The number of aryl methyl sites for hydroxylation is 1. The van der Waals surface area contributed by atoms with Crippen LogP contribution in [0.1, 0.15) is 35.8 Å². The van der Waals surface area contributed by atoms with Crippen molar-refractivity contribution in [1.82, 2.24) is 14.3 Å². The molecule has 0 N–H and O–H groups in total. The molecule has 0 bridgehead atoms. The Hall–Kier alpha value is -2.66. The number of benzene rings is 1. The Balaban J connectivity index is 1.64. The lowest BCUT2D eigenvalue weighted by Crippen LogP contribution is -2.25. The second-order valence-corrected chi connectivity index (χ2v) is 6.85. The monoisotopic (exact) mass is 349 g/mol. The summed E-state index contributed by atoms with van der Waals surface area (Å²) in [6, 6.07) is 16.0. The summed E-state index contributed by atoms with van der Waals surface area (Å²) in [5.41, 5.74) is 3.69. The van der Waals surface area contributed by atoms with E-state index in [0.29, 0.717) is 18.2 Å². The van der Waals surface area contributed by atoms with Crippen LogP contribution < -0.4 is 10.3 Å². The van der Waals surface area contributed by atoms with Crippen molar-refractivity contribution in [3.63, 3.8) is 0 Å². The van der Waals surface area contributed by atoms with Crippen LogP contribution in [-0.2, 0) is 6.54 Å². The first-order valence-electron chi connectivity index (χ1n) is 9.02. The van der Waals surface area contributed by atoms with E-state index in [1.807, 2.05) is 37.3 Å². The molecule has 1 aliphatic rings. The second-order valence-electron chi connectivity index (χ2n) is 6.85. The van der Waals surface area contributed by atoms with Gasteiger partial charge in [-0.3, -0.25) is 14.1 Å². The molecule has 0 unspecified atom stereocenters. The van der Waals surface area contributed by atoms with Crippen LogP contribution in [0.5, 0.6) is 5.75 Å². The molecule has 1 saturated heterocycles. The predicted molar refractivity (Wildman–Crippen MR) is 102 cm³/mol. The van der Waals surface area contributed by atoms with E-state index in [-0.39, 0.29) is 5.56 Å². The van der Waals surface area contributed by atoms with Crippen LogP contribution in [0, 0.1) is 6.92 Å². The molecule has 3 heterocycles. The minimum Gasteiger partial charge on any atom is -0.497 e. The molecule has 26 heavy (non-hydrogen) atoms. The summed E-state index contributed by atoms with van der Waals surface area (Å²) in [6.07, 6.45) is 2.26. The molecular weight excluding hydrogens is 326 g/mol. The van der Waals surface area contributed by atoms with Gasteiger partial charge in [-0.2, -0.15) is 0 Å². The fraction of sp³-hybridized carbons (Fsp3) is 0.333. The average molecular weight is 349 g/mol. The number of fused-ring (bicyclic) bond motifs is 1. The van der Waals surface area contributed by atoms with Crippen molar-refractivity contribution in [2.24, 2.45) is 0 Å². The van der Waals surface area contributed by atoms with Crippen LogP contribution >= 0.6 is 0 Å². The molecule has 1 fully saturated rings. The zero-order chi connectivity index (χ0) is 18.1. The molecule has 5 heteroatoms. The first kappa shape index (κ1) is 16.8. The molecule has 0 amide bonds. The summed E-state index contributed by atoms with van der Waals surface area (Å²) in [4.78, 5) is 19.6. The number of rotatable bonds is 4. The third kappa shape index (κ3) is 3.10. The quantitative estimate of drug-likeness (QED) is 0.725. The number of hydrogen-bond donors (Lipinski definition) is 0. The first-order valence-corrected chi connectivity index (χ1v) is 9.02. The average Bonchev–Trinajstić information content (AvgIpc) is 3.09. The number of likely N-dealkylation sites (tertiary alicyclic amines) is 1. The third-order valence-corrected chi connectivity index (χ3v) is 5.14. The SMILES string of the molecule is COc1cccc([C@@H]2CCCN2Cc2cc(=O)n3c(C)cccc3n2)c1. The number of ether oxygens (including phenoxy) is 1. The van der Waals surface area contributed by atoms with Crippen molar-refractivity contribution in [1.29, 1.82) is 0 Å². The molecule has 134 valence electrons. The number of aromatic nitrogens is 2. The van der Waals surface area contributed by atoms with Crippen LogP contribution in [0.2, 0.25) is 0 Å². The van der Waals surface area contributed by atoms with Crippen LogP contribution in [0.3, 0.4) is 0 Å². The summed E-state index contributed by atoms with van der Waals surface area (Å²) < 4.78 is 7.03. The minimum atomic E-state index is -0.0137. The van der Waals surface area contributed by atoms with Crippen molar-refractivity contribution < 1.29 is 4.74 Å². The number of methoxy groups -OCH3 is 1. The Kier molecular flexibility index (Phi) is 4.47. The largest absolute Gasteiger partial charge is 0.497 e. The molecule has 4 rings (SSSR count). The van der Waals surface area contributed by atoms with Gasteiger partial charge in [0.2, 0.25) is 0 Å². The highest BCUT2D eigenvalue weighted by molar-refractivity contribution is 5.40. The highest BCUT2D eigenvalue weighted by atomic mass is 16.5. The van der Waals surface area contributed by atoms with Crippen molar-refractivity contribution in [3.8, 4) is 5.75 Å².